The standard InChI is InChI=1S/C13H24N2O3/c1-3-11(8-12(16)17)15-13(18)14-9(2)10-6-4-5-7-10/h9-11H,3-8H2,1-2H3,(H,16,17)(H2,14,15,18). The van der Waals surface area contributed by atoms with Crippen LogP contribution in [0.1, 0.15) is 52.4 Å². The molecule has 3 N–H and O–H groups in total. The first-order valence-electron chi connectivity index (χ1n) is 6.81. The van der Waals surface area contributed by atoms with Crippen molar-refractivity contribution in [3.8, 4) is 0 Å². The number of amides is 2. The third-order valence-corrected chi connectivity index (χ3v) is 3.71. The maximum Gasteiger partial charge on any atom is 0.315 e. The van der Waals surface area contributed by atoms with Crippen molar-refractivity contribution in [3.63, 3.8) is 0 Å². The molecule has 0 heterocycles. The van der Waals surface area contributed by atoms with Crippen molar-refractivity contribution >= 4 is 12.0 Å². The van der Waals surface area contributed by atoms with Gasteiger partial charge in [-0.15, -0.1) is 0 Å². The van der Waals surface area contributed by atoms with Crippen molar-refractivity contribution in [1.29, 1.82) is 0 Å². The molecular weight excluding hydrogens is 232 g/mol. The van der Waals surface area contributed by atoms with E-state index < -0.39 is 5.97 Å². The van der Waals surface area contributed by atoms with Gasteiger partial charge in [0.05, 0.1) is 6.42 Å². The van der Waals surface area contributed by atoms with Gasteiger partial charge in [-0.3, -0.25) is 4.79 Å². The summed E-state index contributed by atoms with van der Waals surface area (Å²) >= 11 is 0. The summed E-state index contributed by atoms with van der Waals surface area (Å²) in [5.41, 5.74) is 0. The molecule has 5 heteroatoms. The first-order chi connectivity index (χ1) is 8.52. The summed E-state index contributed by atoms with van der Waals surface area (Å²) < 4.78 is 0. The number of carboxylic acid groups (broad SMARTS) is 1. The van der Waals surface area contributed by atoms with E-state index in [0.717, 1.165) is 0 Å². The van der Waals surface area contributed by atoms with Gasteiger partial charge in [0.15, 0.2) is 0 Å². The summed E-state index contributed by atoms with van der Waals surface area (Å²) in [6.07, 6.45) is 5.44. The minimum absolute atomic E-state index is 0.0261. The molecule has 0 aromatic carbocycles. The van der Waals surface area contributed by atoms with Crippen LogP contribution in [0.2, 0.25) is 0 Å². The Kier molecular flexibility index (Phi) is 5.95. The molecule has 1 rings (SSSR count). The van der Waals surface area contributed by atoms with Gasteiger partial charge in [-0.05, 0) is 32.1 Å². The van der Waals surface area contributed by atoms with Crippen LogP contribution < -0.4 is 10.6 Å². The van der Waals surface area contributed by atoms with Gasteiger partial charge in [-0.1, -0.05) is 19.8 Å². The second kappa shape index (κ2) is 7.24. The van der Waals surface area contributed by atoms with Gasteiger partial charge in [-0.25, -0.2) is 4.79 Å². The Morgan fingerprint density at radius 1 is 1.28 bits per heavy atom. The average molecular weight is 256 g/mol. The largest absolute Gasteiger partial charge is 0.481 e. The Balaban J connectivity index is 2.32. The Bertz CT molecular complexity index is 288. The zero-order chi connectivity index (χ0) is 13.5. The van der Waals surface area contributed by atoms with Crippen molar-refractivity contribution in [2.24, 2.45) is 5.92 Å². The number of carbonyl (C=O) groups excluding carboxylic acids is 1. The van der Waals surface area contributed by atoms with E-state index in [2.05, 4.69) is 10.6 Å². The topological polar surface area (TPSA) is 78.4 Å². The number of hydrogen-bond acceptors (Lipinski definition) is 2. The number of hydrogen-bond donors (Lipinski definition) is 3. The van der Waals surface area contributed by atoms with Crippen molar-refractivity contribution in [3.05, 3.63) is 0 Å². The average Bonchev–Trinajstić information content (AvgIpc) is 2.80. The Labute approximate surface area is 108 Å². The summed E-state index contributed by atoms with van der Waals surface area (Å²) in [4.78, 5) is 22.4. The lowest BCUT2D eigenvalue weighted by Crippen LogP contribution is -2.47. The second-order valence-electron chi connectivity index (χ2n) is 5.15. The molecule has 1 fully saturated rings. The SMILES string of the molecule is CCC(CC(=O)O)NC(=O)NC(C)C1CCCC1. The lowest BCUT2D eigenvalue weighted by molar-refractivity contribution is -0.137. The van der Waals surface area contributed by atoms with E-state index in [1.807, 2.05) is 13.8 Å². The van der Waals surface area contributed by atoms with E-state index in [1.165, 1.54) is 25.7 Å². The van der Waals surface area contributed by atoms with E-state index in [4.69, 9.17) is 5.11 Å². The number of rotatable bonds is 6. The third-order valence-electron chi connectivity index (χ3n) is 3.71. The second-order valence-corrected chi connectivity index (χ2v) is 5.15. The normalized spacial score (nSPS) is 19.2. The van der Waals surface area contributed by atoms with Crippen molar-refractivity contribution in [2.45, 2.75) is 64.5 Å². The molecular formula is C13H24N2O3. The van der Waals surface area contributed by atoms with E-state index in [-0.39, 0.29) is 24.5 Å². The molecule has 0 saturated heterocycles. The van der Waals surface area contributed by atoms with Gasteiger partial charge in [-0.2, -0.15) is 0 Å². The molecule has 2 atom stereocenters. The first kappa shape index (κ1) is 14.8. The molecule has 5 nitrogen and oxygen atoms in total. The highest BCUT2D eigenvalue weighted by molar-refractivity contribution is 5.76. The molecule has 104 valence electrons. The van der Waals surface area contributed by atoms with E-state index in [9.17, 15) is 9.59 Å². The van der Waals surface area contributed by atoms with Gasteiger partial charge in [0.1, 0.15) is 0 Å². The molecule has 0 spiro atoms. The van der Waals surface area contributed by atoms with Crippen LogP contribution >= 0.6 is 0 Å². The zero-order valence-corrected chi connectivity index (χ0v) is 11.2. The van der Waals surface area contributed by atoms with Crippen molar-refractivity contribution < 1.29 is 14.7 Å². The lowest BCUT2D eigenvalue weighted by atomic mass is 10.00. The van der Waals surface area contributed by atoms with Gasteiger partial charge < -0.3 is 15.7 Å². The van der Waals surface area contributed by atoms with Crippen LogP contribution in [-0.4, -0.2) is 29.2 Å². The van der Waals surface area contributed by atoms with E-state index in [1.54, 1.807) is 0 Å². The number of aliphatic carboxylic acids is 1. The fraction of sp³-hybridized carbons (Fsp3) is 0.846. The lowest BCUT2D eigenvalue weighted by Gasteiger charge is -2.22. The molecule has 1 aliphatic rings. The van der Waals surface area contributed by atoms with Gasteiger partial charge in [0.2, 0.25) is 0 Å². The molecule has 2 unspecified atom stereocenters. The van der Waals surface area contributed by atoms with Crippen molar-refractivity contribution in [1.82, 2.24) is 10.6 Å². The highest BCUT2D eigenvalue weighted by atomic mass is 16.4. The van der Waals surface area contributed by atoms with Gasteiger partial charge in [0, 0.05) is 12.1 Å². The molecule has 2 amide bonds. The van der Waals surface area contributed by atoms with Crippen LogP contribution in [0.3, 0.4) is 0 Å². The van der Waals surface area contributed by atoms with Crippen molar-refractivity contribution in [2.75, 3.05) is 0 Å². The Hall–Kier alpha value is -1.26. The quantitative estimate of drug-likeness (QED) is 0.681. The fourth-order valence-corrected chi connectivity index (χ4v) is 2.52. The summed E-state index contributed by atoms with van der Waals surface area (Å²) in [6.45, 7) is 3.89. The zero-order valence-electron chi connectivity index (χ0n) is 11.2. The van der Waals surface area contributed by atoms with E-state index >= 15 is 0 Å². The maximum atomic E-state index is 11.7. The Morgan fingerprint density at radius 2 is 1.89 bits per heavy atom. The highest BCUT2D eigenvalue weighted by Gasteiger charge is 2.23. The minimum Gasteiger partial charge on any atom is -0.481 e. The molecule has 0 bridgehead atoms. The molecule has 0 radical (unpaired) electrons. The Morgan fingerprint density at radius 3 is 2.39 bits per heavy atom. The molecule has 18 heavy (non-hydrogen) atoms. The minimum atomic E-state index is -0.883. The van der Waals surface area contributed by atoms with Crippen LogP contribution in [0.15, 0.2) is 0 Å². The predicted octanol–water partition coefficient (Wildman–Crippen LogP) is 2.12. The van der Waals surface area contributed by atoms with Crippen LogP contribution in [0, 0.1) is 5.92 Å². The maximum absolute atomic E-state index is 11.7. The summed E-state index contributed by atoms with van der Waals surface area (Å²) in [7, 11) is 0. The third kappa shape index (κ3) is 4.94. The summed E-state index contributed by atoms with van der Waals surface area (Å²) in [6, 6.07) is -0.379. The van der Waals surface area contributed by atoms with Crippen LogP contribution in [-0.2, 0) is 4.79 Å². The number of nitrogens with one attached hydrogen (secondary N) is 2. The highest BCUT2D eigenvalue weighted by Crippen LogP contribution is 2.27. The van der Waals surface area contributed by atoms with Gasteiger partial charge >= 0.3 is 12.0 Å². The first-order valence-corrected chi connectivity index (χ1v) is 6.81. The molecule has 0 aromatic heterocycles. The number of carbonyl (C=O) groups is 2. The molecule has 1 aliphatic carbocycles. The van der Waals surface area contributed by atoms with E-state index in [0.29, 0.717) is 12.3 Å². The smallest absolute Gasteiger partial charge is 0.315 e. The molecule has 1 saturated carbocycles. The van der Waals surface area contributed by atoms with Gasteiger partial charge in [0.25, 0.3) is 0 Å². The fourth-order valence-electron chi connectivity index (χ4n) is 2.52. The number of carboxylic acids is 1. The van der Waals surface area contributed by atoms with Crippen LogP contribution in [0.25, 0.3) is 0 Å². The van der Waals surface area contributed by atoms with Crippen LogP contribution in [0.4, 0.5) is 4.79 Å². The molecule has 0 aromatic rings. The summed E-state index contributed by atoms with van der Waals surface area (Å²) in [5, 5.41) is 14.3. The monoisotopic (exact) mass is 256 g/mol. The number of urea groups is 1. The summed E-state index contributed by atoms with van der Waals surface area (Å²) in [5.74, 6) is -0.318. The molecule has 0 aliphatic heterocycles. The predicted molar refractivity (Wildman–Crippen MR) is 69.4 cm³/mol. The van der Waals surface area contributed by atoms with Crippen LogP contribution in [0.5, 0.6) is 0 Å².